The third kappa shape index (κ3) is 7.93. The lowest BCUT2D eigenvalue weighted by atomic mass is 10.1. The maximum atomic E-state index is 12.6. The number of rotatable bonds is 10. The summed E-state index contributed by atoms with van der Waals surface area (Å²) in [5, 5.41) is 7.31. The summed E-state index contributed by atoms with van der Waals surface area (Å²) in [7, 11) is 1.54. The molecule has 0 unspecified atom stereocenters. The molecule has 0 fully saturated rings. The number of benzene rings is 4. The molecule has 41 heavy (non-hydrogen) atoms. The van der Waals surface area contributed by atoms with Crippen LogP contribution in [0, 0.1) is 0 Å². The van der Waals surface area contributed by atoms with E-state index in [9.17, 15) is 14.4 Å². The highest BCUT2D eigenvalue weighted by molar-refractivity contribution is 6.30. The Hall–Kier alpha value is -5.15. The van der Waals surface area contributed by atoms with E-state index in [1.54, 1.807) is 98.1 Å². The standard InChI is InChI=1S/C31H26ClN3O6/c1-3-40-28-18-20(4-17-27(28)41-31(38)23-9-15-26(39-2)16-10-23)19-33-35-30(37)22-7-13-25(14-8-22)34-29(36)21-5-11-24(32)12-6-21/h4-19H,3H2,1-2H3,(H,34,36)(H,35,37)/b33-19-. The molecule has 4 aromatic carbocycles. The van der Waals surface area contributed by atoms with Gasteiger partial charge in [-0.15, -0.1) is 0 Å². The van der Waals surface area contributed by atoms with Crippen molar-refractivity contribution >= 4 is 41.3 Å². The van der Waals surface area contributed by atoms with Gasteiger partial charge in [0, 0.05) is 21.8 Å². The molecule has 0 heterocycles. The van der Waals surface area contributed by atoms with Crippen LogP contribution in [-0.2, 0) is 0 Å². The number of hydrogen-bond acceptors (Lipinski definition) is 7. The summed E-state index contributed by atoms with van der Waals surface area (Å²) in [4.78, 5) is 37.5. The van der Waals surface area contributed by atoms with Crippen LogP contribution in [0.15, 0.2) is 96.1 Å². The number of esters is 1. The fourth-order valence-corrected chi connectivity index (χ4v) is 3.71. The van der Waals surface area contributed by atoms with E-state index in [0.29, 0.717) is 51.1 Å². The molecule has 0 aliphatic heterocycles. The van der Waals surface area contributed by atoms with E-state index in [0.717, 1.165) is 0 Å². The topological polar surface area (TPSA) is 115 Å². The molecule has 9 nitrogen and oxygen atoms in total. The summed E-state index contributed by atoms with van der Waals surface area (Å²) in [6.45, 7) is 2.16. The summed E-state index contributed by atoms with van der Waals surface area (Å²) in [5.41, 5.74) is 4.77. The van der Waals surface area contributed by atoms with E-state index >= 15 is 0 Å². The number of halogens is 1. The first-order valence-electron chi connectivity index (χ1n) is 12.5. The highest BCUT2D eigenvalue weighted by atomic mass is 35.5. The molecule has 0 radical (unpaired) electrons. The second-order valence-electron chi connectivity index (χ2n) is 8.49. The minimum atomic E-state index is -0.544. The lowest BCUT2D eigenvalue weighted by molar-refractivity contribution is 0.0728. The van der Waals surface area contributed by atoms with Crippen LogP contribution < -0.4 is 25.0 Å². The third-order valence-electron chi connectivity index (χ3n) is 5.69. The molecule has 2 amide bonds. The molecule has 0 aliphatic rings. The van der Waals surface area contributed by atoms with Crippen LogP contribution >= 0.6 is 11.6 Å². The zero-order chi connectivity index (χ0) is 29.2. The monoisotopic (exact) mass is 571 g/mol. The molecule has 0 aliphatic carbocycles. The van der Waals surface area contributed by atoms with Gasteiger partial charge >= 0.3 is 5.97 Å². The Bertz CT molecular complexity index is 1550. The van der Waals surface area contributed by atoms with Crippen molar-refractivity contribution in [3.63, 3.8) is 0 Å². The maximum absolute atomic E-state index is 12.6. The van der Waals surface area contributed by atoms with Gasteiger partial charge in [-0.05, 0) is 103 Å². The molecule has 0 spiro atoms. The van der Waals surface area contributed by atoms with Crippen molar-refractivity contribution in [3.05, 3.63) is 118 Å². The lowest BCUT2D eigenvalue weighted by Crippen LogP contribution is -2.18. The van der Waals surface area contributed by atoms with Gasteiger partial charge in [0.25, 0.3) is 11.8 Å². The van der Waals surface area contributed by atoms with Gasteiger partial charge in [-0.2, -0.15) is 5.10 Å². The van der Waals surface area contributed by atoms with Crippen LogP contribution in [0.2, 0.25) is 5.02 Å². The first-order chi connectivity index (χ1) is 19.9. The van der Waals surface area contributed by atoms with Gasteiger partial charge < -0.3 is 19.5 Å². The predicted molar refractivity (Wildman–Crippen MR) is 156 cm³/mol. The number of hydrogen-bond donors (Lipinski definition) is 2. The lowest BCUT2D eigenvalue weighted by Gasteiger charge is -2.11. The second kappa shape index (κ2) is 13.8. The Morgan fingerprint density at radius 3 is 2.10 bits per heavy atom. The number of amides is 2. The minimum Gasteiger partial charge on any atom is -0.497 e. The summed E-state index contributed by atoms with van der Waals surface area (Å²) < 4.78 is 16.3. The fourth-order valence-electron chi connectivity index (χ4n) is 3.58. The molecular weight excluding hydrogens is 546 g/mol. The van der Waals surface area contributed by atoms with Crippen molar-refractivity contribution in [2.45, 2.75) is 6.92 Å². The van der Waals surface area contributed by atoms with E-state index < -0.39 is 11.9 Å². The largest absolute Gasteiger partial charge is 0.497 e. The first-order valence-corrected chi connectivity index (χ1v) is 12.9. The van der Waals surface area contributed by atoms with Gasteiger partial charge in [-0.25, -0.2) is 10.2 Å². The molecule has 0 atom stereocenters. The molecule has 0 aromatic heterocycles. The second-order valence-corrected chi connectivity index (χ2v) is 8.93. The molecule has 208 valence electrons. The molecule has 0 saturated carbocycles. The number of carbonyl (C=O) groups is 3. The van der Waals surface area contributed by atoms with Crippen molar-refractivity contribution in [1.82, 2.24) is 5.43 Å². The number of anilines is 1. The number of hydrazone groups is 1. The van der Waals surface area contributed by atoms with Crippen molar-refractivity contribution in [3.8, 4) is 17.2 Å². The Morgan fingerprint density at radius 2 is 1.44 bits per heavy atom. The van der Waals surface area contributed by atoms with E-state index in [1.165, 1.54) is 6.21 Å². The number of nitrogens with one attached hydrogen (secondary N) is 2. The molecule has 0 saturated heterocycles. The van der Waals surface area contributed by atoms with E-state index in [4.69, 9.17) is 25.8 Å². The van der Waals surface area contributed by atoms with Crippen molar-refractivity contribution in [2.75, 3.05) is 19.0 Å². The van der Waals surface area contributed by atoms with Gasteiger partial charge in [-0.1, -0.05) is 11.6 Å². The summed E-state index contributed by atoms with van der Waals surface area (Å²) >= 11 is 5.86. The minimum absolute atomic E-state index is 0.247. The zero-order valence-electron chi connectivity index (χ0n) is 22.2. The molecule has 10 heteroatoms. The van der Waals surface area contributed by atoms with Crippen molar-refractivity contribution < 1.29 is 28.6 Å². The van der Waals surface area contributed by atoms with E-state index in [-0.39, 0.29) is 11.7 Å². The van der Waals surface area contributed by atoms with Crippen LogP contribution in [-0.4, -0.2) is 37.7 Å². The van der Waals surface area contributed by atoms with E-state index in [2.05, 4.69) is 15.8 Å². The average molecular weight is 572 g/mol. The zero-order valence-corrected chi connectivity index (χ0v) is 23.0. The number of ether oxygens (including phenoxy) is 3. The Kier molecular flexibility index (Phi) is 9.69. The van der Waals surface area contributed by atoms with Crippen LogP contribution in [0.25, 0.3) is 0 Å². The molecule has 0 bridgehead atoms. The molecule has 4 aromatic rings. The van der Waals surface area contributed by atoms with Crippen LogP contribution in [0.3, 0.4) is 0 Å². The highest BCUT2D eigenvalue weighted by Crippen LogP contribution is 2.29. The Labute approximate surface area is 241 Å². The summed E-state index contributed by atoms with van der Waals surface area (Å²) in [5.74, 6) is -0.0536. The van der Waals surface area contributed by atoms with Gasteiger partial charge in [0.1, 0.15) is 5.75 Å². The first kappa shape index (κ1) is 28.8. The normalized spacial score (nSPS) is 10.6. The Balaban J connectivity index is 1.35. The molecule has 4 rings (SSSR count). The van der Waals surface area contributed by atoms with Crippen LogP contribution in [0.5, 0.6) is 17.2 Å². The van der Waals surface area contributed by atoms with Crippen LogP contribution in [0.4, 0.5) is 5.69 Å². The highest BCUT2D eigenvalue weighted by Gasteiger charge is 2.14. The third-order valence-corrected chi connectivity index (χ3v) is 5.94. The maximum Gasteiger partial charge on any atom is 0.343 e. The number of nitrogens with zero attached hydrogens (tertiary/aromatic N) is 1. The molecular formula is C31H26ClN3O6. The number of methoxy groups -OCH3 is 1. The Morgan fingerprint density at radius 1 is 0.805 bits per heavy atom. The van der Waals surface area contributed by atoms with Crippen molar-refractivity contribution in [2.24, 2.45) is 5.10 Å². The van der Waals surface area contributed by atoms with Gasteiger partial charge in [0.15, 0.2) is 11.5 Å². The summed E-state index contributed by atoms with van der Waals surface area (Å²) in [6, 6.07) is 24.4. The molecule has 2 N–H and O–H groups in total. The smallest absolute Gasteiger partial charge is 0.343 e. The van der Waals surface area contributed by atoms with Crippen molar-refractivity contribution in [1.29, 1.82) is 0 Å². The van der Waals surface area contributed by atoms with Gasteiger partial charge in [-0.3, -0.25) is 9.59 Å². The summed E-state index contributed by atoms with van der Waals surface area (Å²) in [6.07, 6.45) is 1.44. The quantitative estimate of drug-likeness (QED) is 0.105. The number of carbonyl (C=O) groups excluding carboxylic acids is 3. The van der Waals surface area contributed by atoms with Crippen LogP contribution in [0.1, 0.15) is 43.6 Å². The SMILES string of the molecule is CCOc1cc(/C=N\NC(=O)c2ccc(NC(=O)c3ccc(Cl)cc3)cc2)ccc1OC(=O)c1ccc(OC)cc1. The average Bonchev–Trinajstić information content (AvgIpc) is 2.99. The predicted octanol–water partition coefficient (Wildman–Crippen LogP) is 5.98. The van der Waals surface area contributed by atoms with Gasteiger partial charge in [0.2, 0.25) is 0 Å². The van der Waals surface area contributed by atoms with Gasteiger partial charge in [0.05, 0.1) is 25.5 Å². The van der Waals surface area contributed by atoms with E-state index in [1.807, 2.05) is 6.92 Å². The fraction of sp³-hybridized carbons (Fsp3) is 0.0968.